The van der Waals surface area contributed by atoms with E-state index in [1.165, 1.54) is 34.0 Å². The zero-order chi connectivity index (χ0) is 21.2. The minimum absolute atomic E-state index is 0.0225. The summed E-state index contributed by atoms with van der Waals surface area (Å²) >= 11 is 1.29. The molecule has 0 aliphatic heterocycles. The highest BCUT2D eigenvalue weighted by Gasteiger charge is 2.31. The van der Waals surface area contributed by atoms with Crippen LogP contribution in [-0.4, -0.2) is 28.6 Å². The first-order chi connectivity index (χ1) is 13.7. The van der Waals surface area contributed by atoms with Crippen LogP contribution >= 0.6 is 11.8 Å². The number of hydrogen-bond donors (Lipinski definition) is 1. The summed E-state index contributed by atoms with van der Waals surface area (Å²) in [6, 6.07) is 16.2. The lowest BCUT2D eigenvalue weighted by molar-refractivity contribution is -0.113. The molecule has 3 rings (SSSR count). The lowest BCUT2D eigenvalue weighted by atomic mass is 9.99. The minimum Gasteiger partial charge on any atom is -0.444 e. The second-order valence-corrected chi connectivity index (χ2v) is 9.75. The molecule has 0 radical (unpaired) electrons. The molecule has 1 amide bonds. The molecule has 5 heteroatoms. The Bertz CT molecular complexity index is 855. The summed E-state index contributed by atoms with van der Waals surface area (Å²) in [6.07, 6.45) is -0.554. The first-order valence-electron chi connectivity index (χ1n) is 10.0. The third-order valence-electron chi connectivity index (χ3n) is 4.95. The van der Waals surface area contributed by atoms with Gasteiger partial charge in [-0.2, -0.15) is 0 Å². The molecule has 154 valence electrons. The van der Waals surface area contributed by atoms with Crippen LogP contribution in [0.5, 0.6) is 0 Å². The maximum atomic E-state index is 13.0. The molecular weight excluding hydrogens is 382 g/mol. The van der Waals surface area contributed by atoms with Gasteiger partial charge in [0, 0.05) is 11.7 Å². The van der Waals surface area contributed by atoms with Gasteiger partial charge in [-0.1, -0.05) is 74.1 Å². The third-order valence-corrected chi connectivity index (χ3v) is 5.99. The highest BCUT2D eigenvalue weighted by atomic mass is 32.2. The second-order valence-electron chi connectivity index (χ2n) is 8.73. The summed E-state index contributed by atoms with van der Waals surface area (Å²) in [5, 5.41) is 2.72. The van der Waals surface area contributed by atoms with Gasteiger partial charge in [-0.15, -0.1) is 0 Å². The van der Waals surface area contributed by atoms with E-state index in [9.17, 15) is 9.59 Å². The summed E-state index contributed by atoms with van der Waals surface area (Å²) in [5.41, 5.74) is 4.41. The number of benzene rings is 2. The van der Waals surface area contributed by atoms with E-state index in [1.807, 2.05) is 46.8 Å². The molecule has 0 saturated heterocycles. The Morgan fingerprint density at radius 2 is 1.52 bits per heavy atom. The first kappa shape index (κ1) is 21.4. The monoisotopic (exact) mass is 411 g/mol. The van der Waals surface area contributed by atoms with Crippen molar-refractivity contribution in [3.8, 4) is 11.1 Å². The standard InChI is InChI=1S/C24H29NO3S/c1-15(2)21(25-23(27)28-24(3,4)5)22(26)29-14-20-18-12-8-6-10-16(18)17-11-7-9-13-19(17)20/h6-13,15,20-21H,14H2,1-5H3,(H,25,27)/t21-/m0/s1. The summed E-state index contributed by atoms with van der Waals surface area (Å²) < 4.78 is 5.33. The van der Waals surface area contributed by atoms with E-state index in [4.69, 9.17) is 4.74 Å². The molecule has 0 fully saturated rings. The predicted molar refractivity (Wildman–Crippen MR) is 119 cm³/mol. The van der Waals surface area contributed by atoms with Gasteiger partial charge < -0.3 is 10.1 Å². The van der Waals surface area contributed by atoms with Crippen molar-refractivity contribution in [2.45, 2.75) is 52.2 Å². The van der Waals surface area contributed by atoms with Gasteiger partial charge in [-0.25, -0.2) is 4.79 Å². The van der Waals surface area contributed by atoms with Crippen molar-refractivity contribution >= 4 is 23.0 Å². The van der Waals surface area contributed by atoms with Crippen LogP contribution in [0.2, 0.25) is 0 Å². The largest absolute Gasteiger partial charge is 0.444 e. The molecule has 1 aliphatic rings. The highest BCUT2D eigenvalue weighted by Crippen LogP contribution is 2.45. The lowest BCUT2D eigenvalue weighted by Crippen LogP contribution is -2.45. The lowest BCUT2D eigenvalue weighted by Gasteiger charge is -2.25. The van der Waals surface area contributed by atoms with Crippen molar-refractivity contribution in [1.29, 1.82) is 0 Å². The number of nitrogens with one attached hydrogen (secondary N) is 1. The Balaban J connectivity index is 1.71. The summed E-state index contributed by atoms with van der Waals surface area (Å²) in [7, 11) is 0. The molecule has 2 aromatic carbocycles. The van der Waals surface area contributed by atoms with Crippen molar-refractivity contribution < 1.29 is 14.3 Å². The molecule has 29 heavy (non-hydrogen) atoms. The van der Waals surface area contributed by atoms with Gasteiger partial charge in [-0.3, -0.25) is 4.79 Å². The highest BCUT2D eigenvalue weighted by molar-refractivity contribution is 8.13. The molecule has 4 nitrogen and oxygen atoms in total. The van der Waals surface area contributed by atoms with Crippen molar-refractivity contribution in [3.63, 3.8) is 0 Å². The van der Waals surface area contributed by atoms with E-state index in [2.05, 4.69) is 41.7 Å². The number of thioether (sulfide) groups is 1. The average molecular weight is 412 g/mol. The first-order valence-corrected chi connectivity index (χ1v) is 11.0. The Morgan fingerprint density at radius 1 is 1.00 bits per heavy atom. The molecule has 1 N–H and O–H groups in total. The van der Waals surface area contributed by atoms with Gasteiger partial charge in [0.25, 0.3) is 0 Å². The molecule has 0 saturated carbocycles. The van der Waals surface area contributed by atoms with E-state index in [0.29, 0.717) is 5.75 Å². The van der Waals surface area contributed by atoms with Crippen LogP contribution in [0.15, 0.2) is 48.5 Å². The molecule has 0 unspecified atom stereocenters. The number of ether oxygens (including phenoxy) is 1. The van der Waals surface area contributed by atoms with Crippen LogP contribution in [0, 0.1) is 5.92 Å². The van der Waals surface area contributed by atoms with E-state index in [-0.39, 0.29) is 17.0 Å². The second kappa shape index (κ2) is 8.62. The van der Waals surface area contributed by atoms with Crippen molar-refractivity contribution in [3.05, 3.63) is 59.7 Å². The van der Waals surface area contributed by atoms with Gasteiger partial charge >= 0.3 is 6.09 Å². The van der Waals surface area contributed by atoms with Gasteiger partial charge in [0.15, 0.2) is 0 Å². The summed E-state index contributed by atoms with van der Waals surface area (Å²) in [5.74, 6) is 0.794. The van der Waals surface area contributed by atoms with Crippen LogP contribution in [0.25, 0.3) is 11.1 Å². The van der Waals surface area contributed by atoms with Crippen molar-refractivity contribution in [1.82, 2.24) is 5.32 Å². The number of hydrogen-bond acceptors (Lipinski definition) is 4. The van der Waals surface area contributed by atoms with Crippen LogP contribution in [0.1, 0.15) is 51.7 Å². The number of amides is 1. The number of alkyl carbamates (subject to hydrolysis) is 1. The van der Waals surface area contributed by atoms with E-state index < -0.39 is 17.7 Å². The van der Waals surface area contributed by atoms with Gasteiger partial charge in [0.1, 0.15) is 11.6 Å². The molecule has 0 spiro atoms. The molecule has 0 heterocycles. The van der Waals surface area contributed by atoms with Crippen LogP contribution in [-0.2, 0) is 9.53 Å². The summed E-state index contributed by atoms with van der Waals surface area (Å²) in [6.45, 7) is 9.29. The molecule has 2 aromatic rings. The fourth-order valence-electron chi connectivity index (χ4n) is 3.63. The molecule has 0 aromatic heterocycles. The van der Waals surface area contributed by atoms with Crippen LogP contribution in [0.3, 0.4) is 0 Å². The maximum absolute atomic E-state index is 13.0. The van der Waals surface area contributed by atoms with E-state index in [1.54, 1.807) is 0 Å². The Labute approximate surface area is 177 Å². The number of carbonyl (C=O) groups excluding carboxylic acids is 2. The zero-order valence-electron chi connectivity index (χ0n) is 17.7. The fraction of sp³-hybridized carbons (Fsp3) is 0.417. The predicted octanol–water partition coefficient (Wildman–Crippen LogP) is 5.61. The fourth-order valence-corrected chi connectivity index (χ4v) is 4.83. The third kappa shape index (κ3) is 5.02. The number of rotatable bonds is 5. The Morgan fingerprint density at radius 3 is 2.00 bits per heavy atom. The molecule has 0 bridgehead atoms. The molecule has 1 aliphatic carbocycles. The van der Waals surface area contributed by atoms with Gasteiger partial charge in [-0.05, 0) is 48.9 Å². The van der Waals surface area contributed by atoms with E-state index in [0.717, 1.165) is 0 Å². The summed E-state index contributed by atoms with van der Waals surface area (Å²) in [4.78, 5) is 25.1. The molecule has 1 atom stereocenters. The Hall–Kier alpha value is -2.27. The smallest absolute Gasteiger partial charge is 0.408 e. The Kier molecular flexibility index (Phi) is 6.37. The van der Waals surface area contributed by atoms with Crippen LogP contribution < -0.4 is 5.32 Å². The minimum atomic E-state index is -0.598. The maximum Gasteiger partial charge on any atom is 0.408 e. The van der Waals surface area contributed by atoms with Crippen LogP contribution in [0.4, 0.5) is 4.79 Å². The quantitative estimate of drug-likeness (QED) is 0.695. The molecular formula is C24H29NO3S. The van der Waals surface area contributed by atoms with Crippen molar-refractivity contribution in [2.24, 2.45) is 5.92 Å². The zero-order valence-corrected chi connectivity index (χ0v) is 18.5. The van der Waals surface area contributed by atoms with Gasteiger partial charge in [0.05, 0.1) is 0 Å². The van der Waals surface area contributed by atoms with Gasteiger partial charge in [0.2, 0.25) is 5.12 Å². The number of carbonyl (C=O) groups is 2. The average Bonchev–Trinajstić information content (AvgIpc) is 2.96. The van der Waals surface area contributed by atoms with E-state index >= 15 is 0 Å². The number of fused-ring (bicyclic) bond motifs is 3. The topological polar surface area (TPSA) is 55.4 Å². The SMILES string of the molecule is CC(C)[C@H](NC(=O)OC(C)(C)C)C(=O)SCC1c2ccccc2-c2ccccc21. The van der Waals surface area contributed by atoms with Crippen molar-refractivity contribution in [2.75, 3.05) is 5.75 Å². The normalized spacial score (nSPS) is 14.3.